The molecule has 0 radical (unpaired) electrons. The molecule has 0 atom stereocenters. The Bertz CT molecular complexity index is 711. The lowest BCUT2D eigenvalue weighted by atomic mass is 10.1. The van der Waals surface area contributed by atoms with Crippen LogP contribution in [0.5, 0.6) is 0 Å². The van der Waals surface area contributed by atoms with Crippen LogP contribution in [-0.2, 0) is 0 Å². The molecule has 0 spiro atoms. The van der Waals surface area contributed by atoms with E-state index in [1.165, 1.54) is 23.2 Å². The molecular weight excluding hydrogens is 325 g/mol. The Morgan fingerprint density at radius 3 is 2.64 bits per heavy atom. The first-order valence-electron chi connectivity index (χ1n) is 8.44. The molecule has 0 saturated carbocycles. The number of aliphatic hydroxyl groups is 1. The van der Waals surface area contributed by atoms with Gasteiger partial charge in [-0.1, -0.05) is 6.92 Å². The van der Waals surface area contributed by atoms with Crippen molar-refractivity contribution in [2.24, 2.45) is 0 Å². The molecule has 0 aliphatic heterocycles. The molecule has 1 heterocycles. The normalized spacial score (nSPS) is 11.2. The number of pyridine rings is 1. The first-order valence-corrected chi connectivity index (χ1v) is 8.44. The van der Waals surface area contributed by atoms with Gasteiger partial charge in [0.2, 0.25) is 0 Å². The zero-order valence-corrected chi connectivity index (χ0v) is 14.4. The first kappa shape index (κ1) is 19.1. The van der Waals surface area contributed by atoms with E-state index in [0.717, 1.165) is 19.5 Å². The van der Waals surface area contributed by atoms with Gasteiger partial charge in [0.1, 0.15) is 5.82 Å². The summed E-state index contributed by atoms with van der Waals surface area (Å²) in [6, 6.07) is 5.80. The molecule has 0 saturated heterocycles. The van der Waals surface area contributed by atoms with Gasteiger partial charge in [-0.25, -0.2) is 9.18 Å². The molecule has 0 aliphatic rings. The van der Waals surface area contributed by atoms with Gasteiger partial charge in [0.05, 0.1) is 17.8 Å². The van der Waals surface area contributed by atoms with Crippen LogP contribution in [0, 0.1) is 5.82 Å². The van der Waals surface area contributed by atoms with Gasteiger partial charge < -0.3 is 15.1 Å². The minimum Gasteiger partial charge on any atom is -0.465 e. The number of aliphatic hydroxyl groups excluding tert-OH is 1. The molecule has 0 bridgehead atoms. The quantitative estimate of drug-likeness (QED) is 0.681. The Labute approximate surface area is 146 Å². The number of likely N-dealkylation sites (N-methyl/N-ethyl adjacent to an activating group) is 1. The molecule has 0 aliphatic carbocycles. The number of carboxylic acid groups (broad SMARTS) is 1. The summed E-state index contributed by atoms with van der Waals surface area (Å²) in [5.74, 6) is -0.400. The van der Waals surface area contributed by atoms with E-state index in [0.29, 0.717) is 36.1 Å². The van der Waals surface area contributed by atoms with Crippen molar-refractivity contribution in [1.29, 1.82) is 0 Å². The van der Waals surface area contributed by atoms with Crippen LogP contribution in [0.15, 0.2) is 30.5 Å². The zero-order chi connectivity index (χ0) is 18.2. The van der Waals surface area contributed by atoms with Crippen molar-refractivity contribution in [3.05, 3.63) is 36.3 Å². The van der Waals surface area contributed by atoms with Crippen LogP contribution in [0.4, 0.5) is 14.9 Å². The fourth-order valence-electron chi connectivity index (χ4n) is 2.84. The second kappa shape index (κ2) is 9.29. The van der Waals surface area contributed by atoms with Gasteiger partial charge in [0, 0.05) is 30.7 Å². The summed E-state index contributed by atoms with van der Waals surface area (Å²) >= 11 is 0. The summed E-state index contributed by atoms with van der Waals surface area (Å²) in [6.45, 7) is 4.79. The Hall–Kier alpha value is -2.25. The third-order valence-corrected chi connectivity index (χ3v) is 4.17. The molecule has 1 aromatic heterocycles. The van der Waals surface area contributed by atoms with Gasteiger partial charge in [-0.2, -0.15) is 0 Å². The molecule has 6 nitrogen and oxygen atoms in total. The third kappa shape index (κ3) is 5.11. The number of rotatable bonds is 9. The van der Waals surface area contributed by atoms with Gasteiger partial charge in [-0.3, -0.25) is 9.88 Å². The van der Waals surface area contributed by atoms with Crippen molar-refractivity contribution in [2.75, 3.05) is 37.7 Å². The smallest absolute Gasteiger partial charge is 0.411 e. The minimum atomic E-state index is -1.04. The number of benzene rings is 1. The molecular formula is C18H24FN3O3. The maximum Gasteiger partial charge on any atom is 0.411 e. The number of carbonyl (C=O) groups is 1. The fraction of sp³-hybridized carbons (Fsp3) is 0.444. The van der Waals surface area contributed by atoms with E-state index in [1.807, 2.05) is 6.92 Å². The zero-order valence-electron chi connectivity index (χ0n) is 14.4. The first-order chi connectivity index (χ1) is 12.1. The van der Waals surface area contributed by atoms with Crippen molar-refractivity contribution in [2.45, 2.75) is 19.8 Å². The lowest BCUT2D eigenvalue weighted by Crippen LogP contribution is -2.32. The number of anilines is 1. The number of amides is 1. The molecule has 1 aromatic carbocycles. The maximum absolute atomic E-state index is 13.4. The topological polar surface area (TPSA) is 76.9 Å². The highest BCUT2D eigenvalue weighted by Gasteiger charge is 2.17. The predicted octanol–water partition coefficient (Wildman–Crippen LogP) is 2.95. The van der Waals surface area contributed by atoms with Crippen molar-refractivity contribution in [3.63, 3.8) is 0 Å². The van der Waals surface area contributed by atoms with Gasteiger partial charge in [-0.05, 0) is 44.1 Å². The van der Waals surface area contributed by atoms with Gasteiger partial charge in [-0.15, -0.1) is 0 Å². The minimum absolute atomic E-state index is 0.120. The van der Waals surface area contributed by atoms with E-state index in [1.54, 1.807) is 12.1 Å². The average molecular weight is 349 g/mol. The number of hydrogen-bond donors (Lipinski definition) is 2. The summed E-state index contributed by atoms with van der Waals surface area (Å²) in [5.41, 5.74) is 0.948. The van der Waals surface area contributed by atoms with Gasteiger partial charge >= 0.3 is 6.09 Å². The van der Waals surface area contributed by atoms with Crippen molar-refractivity contribution >= 4 is 22.7 Å². The van der Waals surface area contributed by atoms with E-state index in [-0.39, 0.29) is 6.61 Å². The molecule has 2 aromatic rings. The highest BCUT2D eigenvalue weighted by Crippen LogP contribution is 2.26. The summed E-state index contributed by atoms with van der Waals surface area (Å²) < 4.78 is 13.4. The average Bonchev–Trinajstić information content (AvgIpc) is 2.59. The molecule has 0 fully saturated rings. The predicted molar refractivity (Wildman–Crippen MR) is 95.5 cm³/mol. The van der Waals surface area contributed by atoms with Crippen LogP contribution in [0.1, 0.15) is 19.8 Å². The molecule has 0 unspecified atom stereocenters. The summed E-state index contributed by atoms with van der Waals surface area (Å²) in [4.78, 5) is 19.2. The molecule has 2 N–H and O–H groups in total. The van der Waals surface area contributed by atoms with Crippen molar-refractivity contribution < 1.29 is 19.4 Å². The summed E-state index contributed by atoms with van der Waals surface area (Å²) in [7, 11) is 0. The highest BCUT2D eigenvalue weighted by molar-refractivity contribution is 5.99. The number of fused-ring (bicyclic) bond motifs is 1. The van der Waals surface area contributed by atoms with E-state index in [9.17, 15) is 14.3 Å². The van der Waals surface area contributed by atoms with E-state index < -0.39 is 11.9 Å². The largest absolute Gasteiger partial charge is 0.465 e. The van der Waals surface area contributed by atoms with Crippen LogP contribution < -0.4 is 4.90 Å². The van der Waals surface area contributed by atoms with E-state index >= 15 is 0 Å². The molecule has 136 valence electrons. The number of aromatic nitrogens is 1. The fourth-order valence-corrected chi connectivity index (χ4v) is 2.84. The van der Waals surface area contributed by atoms with E-state index in [4.69, 9.17) is 5.11 Å². The Kier molecular flexibility index (Phi) is 7.09. The lowest BCUT2D eigenvalue weighted by molar-refractivity contribution is 0.197. The highest BCUT2D eigenvalue weighted by atomic mass is 19.1. The van der Waals surface area contributed by atoms with Crippen LogP contribution in [-0.4, -0.2) is 59.0 Å². The summed E-state index contributed by atoms with van der Waals surface area (Å²) in [5, 5.41) is 19.2. The SMILES string of the molecule is CCN(CCO)CCCCN(C(=O)O)c1ccnc2cc(F)ccc12. The second-order valence-corrected chi connectivity index (χ2v) is 5.79. The monoisotopic (exact) mass is 349 g/mol. The maximum atomic E-state index is 13.4. The number of hydrogen-bond acceptors (Lipinski definition) is 4. The molecule has 1 amide bonds. The third-order valence-electron chi connectivity index (χ3n) is 4.17. The number of halogens is 1. The standard InChI is InChI=1S/C18H24FN3O3/c1-2-21(11-12-23)9-3-4-10-22(18(24)25)17-7-8-20-16-13-14(19)5-6-15(16)17/h5-8,13,23H,2-4,9-12H2,1H3,(H,24,25). The Morgan fingerprint density at radius 2 is 1.96 bits per heavy atom. The molecule has 2 rings (SSSR count). The Balaban J connectivity index is 2.07. The van der Waals surface area contributed by atoms with Crippen LogP contribution in [0.2, 0.25) is 0 Å². The number of unbranched alkanes of at least 4 members (excludes halogenated alkanes) is 1. The number of nitrogens with zero attached hydrogens (tertiary/aromatic N) is 3. The molecule has 7 heteroatoms. The van der Waals surface area contributed by atoms with Crippen LogP contribution in [0.3, 0.4) is 0 Å². The van der Waals surface area contributed by atoms with Crippen molar-refractivity contribution in [3.8, 4) is 0 Å². The Morgan fingerprint density at radius 1 is 1.20 bits per heavy atom. The second-order valence-electron chi connectivity index (χ2n) is 5.79. The molecule has 25 heavy (non-hydrogen) atoms. The van der Waals surface area contributed by atoms with Gasteiger partial charge in [0.25, 0.3) is 0 Å². The van der Waals surface area contributed by atoms with Crippen LogP contribution >= 0.6 is 0 Å². The van der Waals surface area contributed by atoms with Gasteiger partial charge in [0.15, 0.2) is 0 Å². The lowest BCUT2D eigenvalue weighted by Gasteiger charge is -2.22. The van der Waals surface area contributed by atoms with E-state index in [2.05, 4.69) is 9.88 Å². The van der Waals surface area contributed by atoms with Crippen molar-refractivity contribution in [1.82, 2.24) is 9.88 Å². The van der Waals surface area contributed by atoms with Crippen LogP contribution in [0.25, 0.3) is 10.9 Å². The summed E-state index contributed by atoms with van der Waals surface area (Å²) in [6.07, 6.45) is 1.97.